The van der Waals surface area contributed by atoms with Crippen LogP contribution in [0.4, 0.5) is 10.5 Å². The number of carbonyl (C=O) groups is 4. The number of anilines is 1. The zero-order valence-electron chi connectivity index (χ0n) is 19.1. The Kier molecular flexibility index (Phi) is 5.87. The predicted molar refractivity (Wildman–Crippen MR) is 140 cm³/mol. The number of aliphatic hydroxyl groups excluding tert-OH is 2. The maximum atomic E-state index is 13.6. The maximum Gasteiger partial charge on any atom is 0.284 e. The Morgan fingerprint density at radius 2 is 1.70 bits per heavy atom. The van der Waals surface area contributed by atoms with Crippen molar-refractivity contribution in [2.45, 2.75) is 24.9 Å². The summed E-state index contributed by atoms with van der Waals surface area (Å²) in [5, 5.41) is 46.5. The first-order valence-electron chi connectivity index (χ1n) is 11.3. The Hall–Kier alpha value is -3.71. The molecule has 3 atom stereocenters. The van der Waals surface area contributed by atoms with Gasteiger partial charge < -0.3 is 31.5 Å². The molecule has 5 rings (SSSR count). The minimum atomic E-state index is -2.60. The Morgan fingerprint density at radius 1 is 1.03 bits per heavy atom. The monoisotopic (exact) mass is 616 g/mol. The van der Waals surface area contributed by atoms with E-state index in [9.17, 15) is 39.6 Å². The molecule has 0 unspecified atom stereocenters. The molecule has 1 saturated carbocycles. The van der Waals surface area contributed by atoms with E-state index in [-0.39, 0.29) is 40.1 Å². The van der Waals surface area contributed by atoms with Gasteiger partial charge >= 0.3 is 0 Å². The van der Waals surface area contributed by atoms with Gasteiger partial charge in [-0.15, -0.1) is 0 Å². The number of phenolic OH excluding ortho intramolecular Hbond substituents is 1. The first-order valence-corrected chi connectivity index (χ1v) is 12.4. The van der Waals surface area contributed by atoms with Crippen LogP contribution in [0.15, 0.2) is 53.3 Å². The summed E-state index contributed by atoms with van der Waals surface area (Å²) >= 11 is 1.62. The lowest BCUT2D eigenvalue weighted by molar-refractivity contribution is -0.147. The molecule has 2 amide bonds. The van der Waals surface area contributed by atoms with Crippen molar-refractivity contribution in [1.82, 2.24) is 0 Å². The average molecular weight is 616 g/mol. The van der Waals surface area contributed by atoms with Crippen molar-refractivity contribution in [3.63, 3.8) is 0 Å². The van der Waals surface area contributed by atoms with Crippen molar-refractivity contribution in [2.24, 2.45) is 17.6 Å². The van der Waals surface area contributed by atoms with Crippen LogP contribution in [0, 0.1) is 11.8 Å². The Morgan fingerprint density at radius 3 is 2.32 bits per heavy atom. The number of hydrogen-bond acceptors (Lipinski definition) is 8. The molecule has 0 heterocycles. The molecular weight excluding hydrogens is 595 g/mol. The highest BCUT2D eigenvalue weighted by molar-refractivity contribution is 14.1. The topological polar surface area (TPSA) is 187 Å². The van der Waals surface area contributed by atoms with Crippen LogP contribution >= 0.6 is 22.6 Å². The lowest BCUT2D eigenvalue weighted by Gasteiger charge is -2.46. The van der Waals surface area contributed by atoms with E-state index in [0.29, 0.717) is 16.8 Å². The molecule has 2 aromatic rings. The molecule has 11 heteroatoms. The predicted octanol–water partition coefficient (Wildman–Crippen LogP) is 3.06. The Balaban J connectivity index is 1.64. The fraction of sp³-hybridized carbons (Fsp3) is 0.231. The van der Waals surface area contributed by atoms with Crippen LogP contribution in [0.3, 0.4) is 0 Å². The smallest absolute Gasteiger partial charge is 0.284 e. The Bertz CT molecular complexity index is 1480. The normalized spacial score (nSPS) is 24.8. The highest BCUT2D eigenvalue weighted by atomic mass is 127. The van der Waals surface area contributed by atoms with E-state index in [1.54, 1.807) is 52.9 Å². The molecule has 10 nitrogen and oxygen atoms in total. The number of ketones is 2. The molecule has 0 saturated heterocycles. The molecule has 3 aliphatic rings. The molecule has 0 aromatic heterocycles. The van der Waals surface area contributed by atoms with Crippen molar-refractivity contribution in [1.29, 1.82) is 0 Å². The van der Waals surface area contributed by atoms with Crippen LogP contribution in [0.2, 0.25) is 0 Å². The number of phenols is 1. The summed E-state index contributed by atoms with van der Waals surface area (Å²) in [6, 6.07) is 10.00. The number of primary amides is 1. The number of carbonyl (C=O) groups excluding carboxylic acids is 4. The van der Waals surface area contributed by atoms with Gasteiger partial charge in [-0.05, 0) is 53.6 Å². The minimum absolute atomic E-state index is 0.0225. The molecular formula is C26H21IN2O8. The molecule has 2 aromatic carbocycles. The molecule has 0 radical (unpaired) electrons. The second kappa shape index (κ2) is 8.70. The highest BCUT2D eigenvalue weighted by Gasteiger charge is 2.60. The van der Waals surface area contributed by atoms with Gasteiger partial charge in [-0.3, -0.25) is 19.2 Å². The number of nitrogens with one attached hydrogen (secondary N) is 1. The summed E-state index contributed by atoms with van der Waals surface area (Å²) in [5.74, 6) is -6.65. The average Bonchev–Trinajstić information content (AvgIpc) is 2.81. The van der Waals surface area contributed by atoms with Crippen LogP contribution in [-0.2, 0) is 20.8 Å². The Labute approximate surface area is 223 Å². The number of aliphatic hydroxyl groups is 3. The molecule has 1 fully saturated rings. The number of aromatic hydroxyl groups is 1. The van der Waals surface area contributed by atoms with E-state index in [4.69, 9.17) is 5.73 Å². The second-order valence-electron chi connectivity index (χ2n) is 9.37. The quantitative estimate of drug-likeness (QED) is 0.131. The molecule has 3 aliphatic carbocycles. The zero-order valence-corrected chi connectivity index (χ0v) is 21.3. The first-order chi connectivity index (χ1) is 17.4. The number of hydrogen-bond donors (Lipinski definition) is 6. The minimum Gasteiger partial charge on any atom is -0.508 e. The molecule has 7 N–H and O–H groups in total. The molecule has 0 aliphatic heterocycles. The van der Waals surface area contributed by atoms with Crippen LogP contribution in [0.1, 0.15) is 24.0 Å². The van der Waals surface area contributed by atoms with Gasteiger partial charge in [0.05, 0.1) is 5.56 Å². The van der Waals surface area contributed by atoms with Gasteiger partial charge in [-0.2, -0.15) is 0 Å². The van der Waals surface area contributed by atoms with Crippen LogP contribution in [-0.4, -0.2) is 47.4 Å². The number of benzene rings is 2. The lowest BCUT2D eigenvalue weighted by Crippen LogP contribution is -2.58. The van der Waals surface area contributed by atoms with Crippen LogP contribution in [0.5, 0.6) is 5.75 Å². The van der Waals surface area contributed by atoms with Crippen molar-refractivity contribution in [3.8, 4) is 16.9 Å². The van der Waals surface area contributed by atoms with Crippen molar-refractivity contribution in [2.75, 3.05) is 5.32 Å². The largest absolute Gasteiger partial charge is 0.508 e. The zero-order chi connectivity index (χ0) is 26.8. The van der Waals surface area contributed by atoms with E-state index >= 15 is 0 Å². The number of halogens is 1. The van der Waals surface area contributed by atoms with E-state index < -0.39 is 52.0 Å². The number of fused-ring (bicyclic) bond motifs is 3. The van der Waals surface area contributed by atoms with Gasteiger partial charge in [0, 0.05) is 46.2 Å². The van der Waals surface area contributed by atoms with Crippen molar-refractivity contribution < 1.29 is 39.6 Å². The van der Waals surface area contributed by atoms with Crippen LogP contribution in [0.25, 0.3) is 16.9 Å². The van der Waals surface area contributed by atoms with Gasteiger partial charge in [0.1, 0.15) is 22.8 Å². The third-order valence-electron chi connectivity index (χ3n) is 7.39. The van der Waals surface area contributed by atoms with Gasteiger partial charge in [-0.25, -0.2) is 0 Å². The van der Waals surface area contributed by atoms with E-state index in [2.05, 4.69) is 5.32 Å². The lowest BCUT2D eigenvalue weighted by atomic mass is 9.59. The molecule has 0 spiro atoms. The van der Waals surface area contributed by atoms with E-state index in [1.165, 1.54) is 6.07 Å². The number of rotatable bonds is 3. The fourth-order valence-corrected chi connectivity index (χ4v) is 6.05. The SMILES string of the molecule is NC(=O)C1=C(O)[C@@]2(O)C(=O)C3=C(O)c4c(O)ccc(-c5ccc(NC(=O)I)cc5)c4C[C@H]3C[C@H]2CC1=O. The fourth-order valence-electron chi connectivity index (χ4n) is 5.74. The number of Topliss-reactive ketones (excluding diaryl/α,β-unsaturated/α-hetero) is 2. The van der Waals surface area contributed by atoms with E-state index in [1.807, 2.05) is 0 Å². The van der Waals surface area contributed by atoms with Crippen molar-refractivity contribution in [3.05, 3.63) is 64.4 Å². The number of amides is 2. The van der Waals surface area contributed by atoms with Crippen molar-refractivity contribution >= 4 is 55.4 Å². The summed E-state index contributed by atoms with van der Waals surface area (Å²) in [4.78, 5) is 49.1. The number of nitrogens with two attached hydrogens (primary N) is 1. The first kappa shape index (κ1) is 25.0. The van der Waals surface area contributed by atoms with E-state index in [0.717, 1.165) is 5.56 Å². The van der Waals surface area contributed by atoms with Crippen LogP contribution < -0.4 is 11.1 Å². The standard InChI is InChI=1S/C26H21IN2O8/c27-25(36)29-13-3-1-10(2-4-13)14-5-6-16(30)19-15(14)8-11-7-12-9-17(31)20(24(28)35)23(34)26(12,37)22(33)18(11)21(19)32/h1-6,11-12,30,32,34,37H,7-9H2,(H2,28,35)(H,29,36)/t11-,12+,26+/m1/s1. The summed E-state index contributed by atoms with van der Waals surface area (Å²) in [6.45, 7) is 0. The highest BCUT2D eigenvalue weighted by Crippen LogP contribution is 2.53. The van der Waals surface area contributed by atoms with Gasteiger partial charge in [0.2, 0.25) is 5.78 Å². The summed E-state index contributed by atoms with van der Waals surface area (Å²) in [6.07, 6.45) is -0.123. The molecule has 37 heavy (non-hydrogen) atoms. The van der Waals surface area contributed by atoms with Gasteiger partial charge in [-0.1, -0.05) is 18.2 Å². The third kappa shape index (κ3) is 3.72. The van der Waals surface area contributed by atoms with Gasteiger partial charge in [0.25, 0.3) is 9.82 Å². The summed E-state index contributed by atoms with van der Waals surface area (Å²) in [5.41, 5.74) is 4.18. The summed E-state index contributed by atoms with van der Waals surface area (Å²) < 4.78 is -0.248. The third-order valence-corrected chi connectivity index (χ3v) is 7.66. The second-order valence-corrected chi connectivity index (χ2v) is 10.3. The molecule has 190 valence electrons. The molecule has 0 bridgehead atoms. The van der Waals surface area contributed by atoms with Gasteiger partial charge in [0.15, 0.2) is 11.4 Å². The maximum absolute atomic E-state index is 13.6. The summed E-state index contributed by atoms with van der Waals surface area (Å²) in [7, 11) is 0.